The number of phosphoric acid groups is 1. The van der Waals surface area contributed by atoms with Gasteiger partial charge in [-0.25, -0.2) is 4.57 Å². The van der Waals surface area contributed by atoms with Crippen LogP contribution >= 0.6 is 7.82 Å². The number of ether oxygens (including phenoxy) is 1. The lowest BCUT2D eigenvalue weighted by Gasteiger charge is -2.15. The van der Waals surface area contributed by atoms with Crippen molar-refractivity contribution >= 4 is 19.7 Å². The van der Waals surface area contributed by atoms with Gasteiger partial charge in [0.1, 0.15) is 12.7 Å². The Kier molecular flexibility index (Phi) is 35.1. The number of aliphatic hydroxyl groups is 1. The van der Waals surface area contributed by atoms with E-state index in [0.29, 0.717) is 12.8 Å². The zero-order valence-corrected chi connectivity index (χ0v) is 32.1. The van der Waals surface area contributed by atoms with Crippen molar-refractivity contribution in [3.05, 3.63) is 0 Å². The number of carbonyl (C=O) groups is 2. The van der Waals surface area contributed by atoms with E-state index in [0.717, 1.165) is 38.5 Å². The van der Waals surface area contributed by atoms with Gasteiger partial charge in [0.15, 0.2) is 0 Å². The summed E-state index contributed by atoms with van der Waals surface area (Å²) in [6, 6.07) is 0. The molecule has 286 valence electrons. The largest absolute Gasteiger partial charge is 0.472 e. The lowest BCUT2D eigenvalue weighted by atomic mass is 10.0. The van der Waals surface area contributed by atoms with Crippen LogP contribution < -0.4 is 5.32 Å². The van der Waals surface area contributed by atoms with Crippen molar-refractivity contribution in [2.45, 2.75) is 206 Å². The minimum absolute atomic E-state index is 0.0878. The lowest BCUT2D eigenvalue weighted by Crippen LogP contribution is -2.27. The number of hydrogen-bond donors (Lipinski definition) is 3. The summed E-state index contributed by atoms with van der Waals surface area (Å²) in [4.78, 5) is 33.8. The summed E-state index contributed by atoms with van der Waals surface area (Å²) in [6.07, 6.45) is 33.1. The molecule has 3 N–H and O–H groups in total. The second kappa shape index (κ2) is 35.8. The summed E-state index contributed by atoms with van der Waals surface area (Å²) in [5, 5.41) is 12.7. The molecule has 2 unspecified atom stereocenters. The van der Waals surface area contributed by atoms with Crippen LogP contribution in [0.15, 0.2) is 0 Å². The van der Waals surface area contributed by atoms with Gasteiger partial charge in [-0.05, 0) is 12.8 Å². The van der Waals surface area contributed by atoms with Crippen LogP contribution in [0.2, 0.25) is 0 Å². The molecule has 0 bridgehead atoms. The molecular weight excluding hydrogens is 629 g/mol. The zero-order valence-electron chi connectivity index (χ0n) is 31.2. The molecule has 0 heterocycles. The molecule has 0 aliphatic heterocycles. The van der Waals surface area contributed by atoms with E-state index in [1.54, 1.807) is 0 Å². The fraction of sp³-hybridized carbons (Fsp3) is 0.947. The predicted molar refractivity (Wildman–Crippen MR) is 197 cm³/mol. The smallest absolute Gasteiger partial charge is 0.463 e. The molecule has 0 aromatic heterocycles. The molecule has 10 heteroatoms. The maximum Gasteiger partial charge on any atom is 0.472 e. The van der Waals surface area contributed by atoms with Crippen LogP contribution in [0.3, 0.4) is 0 Å². The first-order valence-electron chi connectivity index (χ1n) is 20.0. The fourth-order valence-corrected chi connectivity index (χ4v) is 6.49. The number of hydrogen-bond acceptors (Lipinski definition) is 7. The summed E-state index contributed by atoms with van der Waals surface area (Å²) >= 11 is 0. The summed E-state index contributed by atoms with van der Waals surface area (Å²) in [7, 11) is -4.40. The number of amides is 1. The Morgan fingerprint density at radius 1 is 0.562 bits per heavy atom. The first-order chi connectivity index (χ1) is 23.3. The number of carbonyl (C=O) groups excluding carboxylic acids is 2. The van der Waals surface area contributed by atoms with E-state index in [1.807, 2.05) is 0 Å². The van der Waals surface area contributed by atoms with E-state index in [1.165, 1.54) is 135 Å². The van der Waals surface area contributed by atoms with Gasteiger partial charge in [-0.3, -0.25) is 18.6 Å². The monoisotopic (exact) mass is 706 g/mol. The van der Waals surface area contributed by atoms with Crippen LogP contribution in [0.5, 0.6) is 0 Å². The van der Waals surface area contributed by atoms with Gasteiger partial charge in [-0.1, -0.05) is 174 Å². The van der Waals surface area contributed by atoms with Gasteiger partial charge in [0, 0.05) is 19.4 Å². The highest BCUT2D eigenvalue weighted by atomic mass is 31.2. The van der Waals surface area contributed by atoms with Crippen LogP contribution in [0.1, 0.15) is 200 Å². The van der Waals surface area contributed by atoms with E-state index in [4.69, 9.17) is 13.8 Å². The molecule has 2 atom stereocenters. The number of rotatable bonds is 38. The molecule has 0 aliphatic rings. The lowest BCUT2D eigenvalue weighted by molar-refractivity contribution is -0.147. The second-order valence-electron chi connectivity index (χ2n) is 13.6. The van der Waals surface area contributed by atoms with Crippen LogP contribution in [-0.2, 0) is 27.9 Å². The van der Waals surface area contributed by atoms with Crippen molar-refractivity contribution in [2.75, 3.05) is 26.4 Å². The van der Waals surface area contributed by atoms with Crippen molar-refractivity contribution in [3.8, 4) is 0 Å². The molecule has 48 heavy (non-hydrogen) atoms. The standard InChI is InChI=1S/C38H76NO8P/c1-3-5-7-9-11-13-15-17-18-19-21-23-25-27-29-31-38(42)45-34-36(40)35-47-48(43,44)46-33-32-39-37(41)30-28-26-24-22-20-16-14-12-10-8-6-4-2/h36,40H,3-35H2,1-2H3,(H,39,41)(H,43,44). The SMILES string of the molecule is CCCCCCCCCCCCCCCCCC(=O)OCC(O)COP(=O)(O)OCCNC(=O)CCCCCCCCCCCCCC. The minimum atomic E-state index is -4.40. The van der Waals surface area contributed by atoms with Crippen molar-refractivity contribution < 1.29 is 37.9 Å². The van der Waals surface area contributed by atoms with Gasteiger partial charge in [-0.2, -0.15) is 0 Å². The number of esters is 1. The third-order valence-corrected chi connectivity index (χ3v) is 9.77. The topological polar surface area (TPSA) is 131 Å². The molecule has 1 amide bonds. The van der Waals surface area contributed by atoms with Gasteiger partial charge >= 0.3 is 13.8 Å². The van der Waals surface area contributed by atoms with Crippen molar-refractivity contribution in [2.24, 2.45) is 0 Å². The van der Waals surface area contributed by atoms with Crippen LogP contribution in [-0.4, -0.2) is 54.3 Å². The summed E-state index contributed by atoms with van der Waals surface area (Å²) < 4.78 is 26.8. The molecule has 9 nitrogen and oxygen atoms in total. The maximum absolute atomic E-state index is 12.0. The van der Waals surface area contributed by atoms with E-state index >= 15 is 0 Å². The molecule has 0 saturated heterocycles. The zero-order chi connectivity index (χ0) is 35.4. The highest BCUT2D eigenvalue weighted by Gasteiger charge is 2.23. The maximum atomic E-state index is 12.0. The summed E-state index contributed by atoms with van der Waals surface area (Å²) in [5.41, 5.74) is 0. The normalized spacial score (nSPS) is 13.3. The highest BCUT2D eigenvalue weighted by molar-refractivity contribution is 7.47. The van der Waals surface area contributed by atoms with Crippen molar-refractivity contribution in [1.29, 1.82) is 0 Å². The molecule has 0 saturated carbocycles. The number of unbranched alkanes of at least 4 members (excludes halogenated alkanes) is 25. The van der Waals surface area contributed by atoms with Crippen LogP contribution in [0.4, 0.5) is 0 Å². The van der Waals surface area contributed by atoms with Crippen molar-refractivity contribution in [3.63, 3.8) is 0 Å². The van der Waals surface area contributed by atoms with Crippen LogP contribution in [0, 0.1) is 0 Å². The number of nitrogens with one attached hydrogen (secondary N) is 1. The molecule has 0 fully saturated rings. The third kappa shape index (κ3) is 36.3. The quantitative estimate of drug-likeness (QED) is 0.0329. The molecule has 0 aromatic carbocycles. The number of phosphoric ester groups is 1. The molecular formula is C38H76NO8P. The van der Waals surface area contributed by atoms with E-state index in [2.05, 4.69) is 19.2 Å². The van der Waals surface area contributed by atoms with Crippen molar-refractivity contribution in [1.82, 2.24) is 5.32 Å². The Hall–Kier alpha value is -0.990. The Balaban J connectivity index is 3.58. The van der Waals surface area contributed by atoms with Gasteiger partial charge in [0.2, 0.25) is 5.91 Å². The van der Waals surface area contributed by atoms with Gasteiger partial charge in [0.25, 0.3) is 0 Å². The Morgan fingerprint density at radius 2 is 0.938 bits per heavy atom. The Labute approximate surface area is 295 Å². The highest BCUT2D eigenvalue weighted by Crippen LogP contribution is 2.42. The number of aliphatic hydroxyl groups excluding tert-OH is 1. The van der Waals surface area contributed by atoms with Crippen LogP contribution in [0.25, 0.3) is 0 Å². The van der Waals surface area contributed by atoms with E-state index < -0.39 is 26.5 Å². The van der Waals surface area contributed by atoms with Gasteiger partial charge in [0.05, 0.1) is 13.2 Å². The first-order valence-corrected chi connectivity index (χ1v) is 21.5. The average molecular weight is 706 g/mol. The molecule has 0 spiro atoms. The molecule has 0 aromatic rings. The minimum Gasteiger partial charge on any atom is -0.463 e. The first kappa shape index (κ1) is 47.0. The fourth-order valence-electron chi connectivity index (χ4n) is 5.73. The van der Waals surface area contributed by atoms with E-state index in [9.17, 15) is 24.2 Å². The van der Waals surface area contributed by atoms with E-state index in [-0.39, 0.29) is 25.7 Å². The summed E-state index contributed by atoms with van der Waals surface area (Å²) in [6.45, 7) is 3.57. The second-order valence-corrected chi connectivity index (χ2v) is 15.1. The molecule has 0 aliphatic carbocycles. The van der Waals surface area contributed by atoms with Gasteiger partial charge in [-0.15, -0.1) is 0 Å². The molecule has 0 rings (SSSR count). The predicted octanol–water partition coefficient (Wildman–Crippen LogP) is 10.5. The molecule has 0 radical (unpaired) electrons. The average Bonchev–Trinajstić information content (AvgIpc) is 3.07. The third-order valence-electron chi connectivity index (χ3n) is 8.79. The Morgan fingerprint density at radius 3 is 1.35 bits per heavy atom. The summed E-state index contributed by atoms with van der Waals surface area (Å²) in [5.74, 6) is -0.507. The van der Waals surface area contributed by atoms with Gasteiger partial charge < -0.3 is 20.1 Å². The Bertz CT molecular complexity index is 769.